The van der Waals surface area contributed by atoms with E-state index in [0.717, 1.165) is 11.3 Å². The summed E-state index contributed by atoms with van der Waals surface area (Å²) < 4.78 is 5.27. The van der Waals surface area contributed by atoms with E-state index < -0.39 is 0 Å². The highest BCUT2D eigenvalue weighted by Gasteiger charge is 2.08. The van der Waals surface area contributed by atoms with Crippen LogP contribution < -0.4 is 15.4 Å². The molecule has 2 rings (SSSR count). The van der Waals surface area contributed by atoms with Crippen LogP contribution in [-0.2, 0) is 6.42 Å². The van der Waals surface area contributed by atoms with Gasteiger partial charge >= 0.3 is 6.03 Å². The molecule has 0 bridgehead atoms. The Morgan fingerprint density at radius 3 is 2.68 bits per heavy atom. The smallest absolute Gasteiger partial charge is 0.319 e. The molecule has 4 nitrogen and oxygen atoms in total. The highest BCUT2D eigenvalue weighted by atomic mass is 35.5. The number of amides is 2. The lowest BCUT2D eigenvalue weighted by Gasteiger charge is -2.11. The first-order chi connectivity index (χ1) is 10.6. The van der Waals surface area contributed by atoms with Crippen LogP contribution in [0.1, 0.15) is 5.56 Å². The number of anilines is 1. The van der Waals surface area contributed by atoms with Gasteiger partial charge in [-0.05, 0) is 30.2 Å². The quantitative estimate of drug-likeness (QED) is 0.850. The monoisotopic (exact) mass is 338 g/mol. The van der Waals surface area contributed by atoms with Gasteiger partial charge in [-0.2, -0.15) is 0 Å². The average Bonchev–Trinajstić information content (AvgIpc) is 2.52. The summed E-state index contributed by atoms with van der Waals surface area (Å²) in [5, 5.41) is 6.16. The van der Waals surface area contributed by atoms with Gasteiger partial charge in [-0.15, -0.1) is 0 Å². The third-order valence-corrected chi connectivity index (χ3v) is 3.89. The lowest BCUT2D eigenvalue weighted by molar-refractivity contribution is 0.252. The molecule has 2 amide bonds. The van der Waals surface area contributed by atoms with Gasteiger partial charge in [0.2, 0.25) is 0 Å². The molecule has 0 aliphatic carbocycles. The summed E-state index contributed by atoms with van der Waals surface area (Å²) in [5.41, 5.74) is 1.51. The zero-order valence-electron chi connectivity index (χ0n) is 12.0. The number of rotatable bonds is 5. The number of urea groups is 1. The van der Waals surface area contributed by atoms with E-state index in [1.165, 1.54) is 0 Å². The lowest BCUT2D eigenvalue weighted by atomic mass is 10.1. The van der Waals surface area contributed by atoms with Crippen molar-refractivity contribution >= 4 is 34.9 Å². The van der Waals surface area contributed by atoms with Crippen molar-refractivity contribution in [3.63, 3.8) is 0 Å². The molecule has 0 aliphatic rings. The Bertz CT molecular complexity index is 662. The van der Waals surface area contributed by atoms with Gasteiger partial charge in [0.1, 0.15) is 5.75 Å². The second kappa shape index (κ2) is 7.92. The third-order valence-electron chi connectivity index (χ3n) is 3.07. The third kappa shape index (κ3) is 4.29. The molecule has 0 fully saturated rings. The normalized spacial score (nSPS) is 10.1. The Morgan fingerprint density at radius 1 is 1.14 bits per heavy atom. The first-order valence-corrected chi connectivity index (χ1v) is 7.48. The first kappa shape index (κ1) is 16.5. The number of carbonyl (C=O) groups is 1. The minimum absolute atomic E-state index is 0.323. The van der Waals surface area contributed by atoms with Crippen LogP contribution in [0.15, 0.2) is 42.5 Å². The number of benzene rings is 2. The van der Waals surface area contributed by atoms with Crippen molar-refractivity contribution in [2.75, 3.05) is 19.0 Å². The van der Waals surface area contributed by atoms with E-state index in [0.29, 0.717) is 28.7 Å². The zero-order chi connectivity index (χ0) is 15.9. The maximum atomic E-state index is 11.9. The molecule has 0 aliphatic heterocycles. The van der Waals surface area contributed by atoms with Crippen molar-refractivity contribution in [1.82, 2.24) is 5.32 Å². The average molecular weight is 339 g/mol. The molecule has 6 heteroatoms. The Kier molecular flexibility index (Phi) is 5.92. The summed E-state index contributed by atoms with van der Waals surface area (Å²) in [6, 6.07) is 12.4. The first-order valence-electron chi connectivity index (χ1n) is 6.72. The Labute approximate surface area is 139 Å². The fourth-order valence-corrected chi connectivity index (χ4v) is 2.33. The Morgan fingerprint density at radius 2 is 1.91 bits per heavy atom. The molecule has 0 atom stereocenters. The van der Waals surface area contributed by atoms with Crippen LogP contribution in [-0.4, -0.2) is 19.7 Å². The van der Waals surface area contributed by atoms with E-state index in [1.807, 2.05) is 24.3 Å². The molecule has 0 aromatic heterocycles. The summed E-state index contributed by atoms with van der Waals surface area (Å²) in [6.45, 7) is 0.477. The van der Waals surface area contributed by atoms with Gasteiger partial charge in [0.15, 0.2) is 0 Å². The van der Waals surface area contributed by atoms with Gasteiger partial charge in [0, 0.05) is 6.54 Å². The number of methoxy groups -OCH3 is 1. The summed E-state index contributed by atoms with van der Waals surface area (Å²) in [6.07, 6.45) is 0.667. The number of halogens is 2. The maximum absolute atomic E-state index is 11.9. The van der Waals surface area contributed by atoms with Gasteiger partial charge in [0.25, 0.3) is 0 Å². The molecule has 0 saturated heterocycles. The van der Waals surface area contributed by atoms with Crippen LogP contribution in [0.5, 0.6) is 5.75 Å². The van der Waals surface area contributed by atoms with Crippen LogP contribution >= 0.6 is 23.2 Å². The summed E-state index contributed by atoms with van der Waals surface area (Å²) in [7, 11) is 1.63. The SMILES string of the molecule is COc1ccccc1CCNC(=O)Nc1cccc(Cl)c1Cl. The van der Waals surface area contributed by atoms with Crippen molar-refractivity contribution in [1.29, 1.82) is 0 Å². The molecule has 0 spiro atoms. The molecule has 2 N–H and O–H groups in total. The van der Waals surface area contributed by atoms with E-state index in [4.69, 9.17) is 27.9 Å². The number of hydrogen-bond donors (Lipinski definition) is 2. The van der Waals surface area contributed by atoms with Crippen molar-refractivity contribution in [3.8, 4) is 5.75 Å². The topological polar surface area (TPSA) is 50.4 Å². The molecular weight excluding hydrogens is 323 g/mol. The van der Waals surface area contributed by atoms with E-state index in [1.54, 1.807) is 25.3 Å². The maximum Gasteiger partial charge on any atom is 0.319 e. The van der Waals surface area contributed by atoms with Crippen LogP contribution in [0, 0.1) is 0 Å². The lowest BCUT2D eigenvalue weighted by Crippen LogP contribution is -2.30. The highest BCUT2D eigenvalue weighted by Crippen LogP contribution is 2.29. The molecule has 2 aromatic rings. The second-order valence-corrected chi connectivity index (χ2v) is 5.33. The van der Waals surface area contributed by atoms with Crippen molar-refractivity contribution in [2.24, 2.45) is 0 Å². The molecule has 2 aromatic carbocycles. The fourth-order valence-electron chi connectivity index (χ4n) is 1.99. The van der Waals surface area contributed by atoms with E-state index in [2.05, 4.69) is 10.6 Å². The van der Waals surface area contributed by atoms with Crippen molar-refractivity contribution in [3.05, 3.63) is 58.1 Å². The van der Waals surface area contributed by atoms with Gasteiger partial charge in [0.05, 0.1) is 22.8 Å². The predicted octanol–water partition coefficient (Wildman–Crippen LogP) is 4.37. The van der Waals surface area contributed by atoms with Gasteiger partial charge < -0.3 is 15.4 Å². The predicted molar refractivity (Wildman–Crippen MR) is 90.2 cm³/mol. The van der Waals surface area contributed by atoms with Crippen LogP contribution in [0.3, 0.4) is 0 Å². The van der Waals surface area contributed by atoms with Crippen LogP contribution in [0.25, 0.3) is 0 Å². The molecule has 0 unspecified atom stereocenters. The molecule has 22 heavy (non-hydrogen) atoms. The second-order valence-electron chi connectivity index (χ2n) is 4.54. The summed E-state index contributed by atoms with van der Waals surface area (Å²) in [5.74, 6) is 0.808. The summed E-state index contributed by atoms with van der Waals surface area (Å²) >= 11 is 11.9. The molecule has 0 heterocycles. The van der Waals surface area contributed by atoms with E-state index in [-0.39, 0.29) is 6.03 Å². The van der Waals surface area contributed by atoms with Gasteiger partial charge in [-0.3, -0.25) is 0 Å². The molecule has 116 valence electrons. The number of para-hydroxylation sites is 1. The zero-order valence-corrected chi connectivity index (χ0v) is 13.5. The molecule has 0 radical (unpaired) electrons. The Balaban J connectivity index is 1.87. The number of nitrogens with one attached hydrogen (secondary N) is 2. The minimum Gasteiger partial charge on any atom is -0.496 e. The number of ether oxygens (including phenoxy) is 1. The highest BCUT2D eigenvalue weighted by molar-refractivity contribution is 6.43. The minimum atomic E-state index is -0.334. The van der Waals surface area contributed by atoms with Gasteiger partial charge in [-0.25, -0.2) is 4.79 Å². The van der Waals surface area contributed by atoms with Crippen molar-refractivity contribution in [2.45, 2.75) is 6.42 Å². The van der Waals surface area contributed by atoms with E-state index >= 15 is 0 Å². The summed E-state index contributed by atoms with van der Waals surface area (Å²) in [4.78, 5) is 11.9. The number of carbonyl (C=O) groups excluding carboxylic acids is 1. The fraction of sp³-hybridized carbons (Fsp3) is 0.188. The van der Waals surface area contributed by atoms with E-state index in [9.17, 15) is 4.79 Å². The molecular formula is C16H16Cl2N2O2. The standard InChI is InChI=1S/C16H16Cl2N2O2/c1-22-14-8-3-2-5-11(14)9-10-19-16(21)20-13-7-4-6-12(17)15(13)18/h2-8H,9-10H2,1H3,(H2,19,20,21). The largest absolute Gasteiger partial charge is 0.496 e. The molecule has 0 saturated carbocycles. The van der Waals surface area contributed by atoms with Crippen LogP contribution in [0.4, 0.5) is 10.5 Å². The van der Waals surface area contributed by atoms with Gasteiger partial charge in [-0.1, -0.05) is 47.5 Å². The van der Waals surface area contributed by atoms with Crippen molar-refractivity contribution < 1.29 is 9.53 Å². The van der Waals surface area contributed by atoms with Crippen LogP contribution in [0.2, 0.25) is 10.0 Å². The number of hydrogen-bond acceptors (Lipinski definition) is 2. The Hall–Kier alpha value is -1.91.